The zero-order chi connectivity index (χ0) is 13.9. The first-order chi connectivity index (χ1) is 8.30. The third kappa shape index (κ3) is 2.72. The summed E-state index contributed by atoms with van der Waals surface area (Å²) in [6, 6.07) is 3.49. The third-order valence-electron chi connectivity index (χ3n) is 2.50. The molecular formula is C13H14F2O3. The number of esters is 1. The van der Waals surface area contributed by atoms with Gasteiger partial charge in [-0.25, -0.2) is 4.79 Å². The number of ketones is 1. The fraction of sp³-hybridized carbons (Fsp3) is 0.385. The molecule has 5 heteroatoms. The lowest BCUT2D eigenvalue weighted by Crippen LogP contribution is -2.28. The molecule has 0 N–H and O–H groups in total. The zero-order valence-electron chi connectivity index (χ0n) is 10.4. The number of alkyl halides is 2. The molecular weight excluding hydrogens is 242 g/mol. The number of carbonyl (C=O) groups excluding carboxylic acids is 2. The van der Waals surface area contributed by atoms with Crippen LogP contribution in [0.2, 0.25) is 0 Å². The van der Waals surface area contributed by atoms with E-state index in [9.17, 15) is 18.4 Å². The highest BCUT2D eigenvalue weighted by Gasteiger charge is 2.42. The van der Waals surface area contributed by atoms with Gasteiger partial charge < -0.3 is 4.74 Å². The number of carbonyl (C=O) groups is 2. The molecule has 0 amide bonds. The number of benzene rings is 1. The van der Waals surface area contributed by atoms with E-state index in [1.165, 1.54) is 19.9 Å². The van der Waals surface area contributed by atoms with Crippen molar-refractivity contribution in [2.45, 2.75) is 26.7 Å². The highest BCUT2D eigenvalue weighted by atomic mass is 19.3. The first kappa shape index (κ1) is 14.3. The van der Waals surface area contributed by atoms with E-state index >= 15 is 0 Å². The topological polar surface area (TPSA) is 43.4 Å². The van der Waals surface area contributed by atoms with Gasteiger partial charge in [-0.1, -0.05) is 12.1 Å². The molecule has 0 radical (unpaired) electrons. The third-order valence-corrected chi connectivity index (χ3v) is 2.50. The van der Waals surface area contributed by atoms with Gasteiger partial charge in [-0.2, -0.15) is 8.78 Å². The molecule has 0 aliphatic heterocycles. The maximum absolute atomic E-state index is 13.7. The molecule has 0 fully saturated rings. The van der Waals surface area contributed by atoms with Gasteiger partial charge in [0.05, 0.1) is 6.61 Å². The molecule has 0 bridgehead atoms. The predicted molar refractivity (Wildman–Crippen MR) is 61.7 cm³/mol. The Bertz CT molecular complexity index is 481. The minimum Gasteiger partial charge on any atom is -0.461 e. The van der Waals surface area contributed by atoms with Crippen molar-refractivity contribution in [1.29, 1.82) is 0 Å². The second kappa shape index (κ2) is 5.25. The van der Waals surface area contributed by atoms with Crippen LogP contribution in [-0.4, -0.2) is 18.4 Å². The Kier molecular flexibility index (Phi) is 4.16. The van der Waals surface area contributed by atoms with E-state index in [1.807, 2.05) is 0 Å². The molecule has 18 heavy (non-hydrogen) atoms. The van der Waals surface area contributed by atoms with Gasteiger partial charge in [0, 0.05) is 11.1 Å². The monoisotopic (exact) mass is 256 g/mol. The maximum Gasteiger partial charge on any atom is 0.381 e. The number of hydrogen-bond donors (Lipinski definition) is 0. The van der Waals surface area contributed by atoms with Gasteiger partial charge in [0.2, 0.25) is 0 Å². The summed E-state index contributed by atoms with van der Waals surface area (Å²) in [6.07, 6.45) is 0. The summed E-state index contributed by atoms with van der Waals surface area (Å²) >= 11 is 0. The van der Waals surface area contributed by atoms with Crippen LogP contribution in [0.25, 0.3) is 0 Å². The molecule has 0 atom stereocenters. The van der Waals surface area contributed by atoms with Crippen LogP contribution in [0.3, 0.4) is 0 Å². The largest absolute Gasteiger partial charge is 0.461 e. The van der Waals surface area contributed by atoms with Crippen LogP contribution >= 0.6 is 0 Å². The van der Waals surface area contributed by atoms with Gasteiger partial charge in [0.25, 0.3) is 0 Å². The summed E-state index contributed by atoms with van der Waals surface area (Å²) in [5, 5.41) is 0. The van der Waals surface area contributed by atoms with Crippen LogP contribution in [-0.2, 0) is 15.5 Å². The molecule has 0 unspecified atom stereocenters. The van der Waals surface area contributed by atoms with Crippen LogP contribution < -0.4 is 0 Å². The standard InChI is InChI=1S/C13H14F2O3/c1-4-18-12(17)13(14,15)10-5-6-11(9(3)16)8(2)7-10/h5-7H,4H2,1-3H3. The molecule has 0 spiro atoms. The lowest BCUT2D eigenvalue weighted by Gasteiger charge is -2.16. The van der Waals surface area contributed by atoms with E-state index in [1.54, 1.807) is 6.92 Å². The second-order valence-electron chi connectivity index (χ2n) is 3.88. The van der Waals surface area contributed by atoms with Gasteiger partial charge in [0.1, 0.15) is 0 Å². The van der Waals surface area contributed by atoms with Gasteiger partial charge >= 0.3 is 11.9 Å². The first-order valence-corrected chi connectivity index (χ1v) is 5.47. The van der Waals surface area contributed by atoms with Crippen LogP contribution in [0.1, 0.15) is 35.3 Å². The number of hydrogen-bond acceptors (Lipinski definition) is 3. The molecule has 0 saturated carbocycles. The molecule has 1 rings (SSSR count). The van der Waals surface area contributed by atoms with E-state index < -0.39 is 17.5 Å². The van der Waals surface area contributed by atoms with Gasteiger partial charge in [-0.15, -0.1) is 0 Å². The molecule has 0 aromatic heterocycles. The summed E-state index contributed by atoms with van der Waals surface area (Å²) in [5.74, 6) is -5.49. The second-order valence-corrected chi connectivity index (χ2v) is 3.88. The number of Topliss-reactive ketones (excluding diaryl/α,β-unsaturated/α-hetero) is 1. The van der Waals surface area contributed by atoms with E-state index in [4.69, 9.17) is 0 Å². The van der Waals surface area contributed by atoms with Crippen molar-refractivity contribution in [3.05, 3.63) is 34.9 Å². The fourth-order valence-electron chi connectivity index (χ4n) is 1.59. The predicted octanol–water partition coefficient (Wildman–Crippen LogP) is 2.85. The molecule has 1 aromatic carbocycles. The highest BCUT2D eigenvalue weighted by Crippen LogP contribution is 2.30. The summed E-state index contributed by atoms with van der Waals surface area (Å²) in [5.41, 5.74) is 0.297. The van der Waals surface area contributed by atoms with Gasteiger partial charge in [-0.3, -0.25) is 4.79 Å². The zero-order valence-corrected chi connectivity index (χ0v) is 10.4. The number of halogens is 2. The lowest BCUT2D eigenvalue weighted by atomic mass is 9.99. The summed E-state index contributed by atoms with van der Waals surface area (Å²) in [7, 11) is 0. The highest BCUT2D eigenvalue weighted by molar-refractivity contribution is 5.95. The van der Waals surface area contributed by atoms with Gasteiger partial charge in [-0.05, 0) is 32.4 Å². The van der Waals surface area contributed by atoms with E-state index in [0.717, 1.165) is 12.1 Å². The van der Waals surface area contributed by atoms with Crippen molar-refractivity contribution in [3.63, 3.8) is 0 Å². The van der Waals surface area contributed by atoms with E-state index in [2.05, 4.69) is 4.74 Å². The van der Waals surface area contributed by atoms with Crippen molar-refractivity contribution in [1.82, 2.24) is 0 Å². The Morgan fingerprint density at radius 1 is 1.33 bits per heavy atom. The molecule has 98 valence electrons. The minimum absolute atomic E-state index is 0.112. The molecule has 0 heterocycles. The van der Waals surface area contributed by atoms with Crippen LogP contribution in [0, 0.1) is 6.92 Å². The molecule has 3 nitrogen and oxygen atoms in total. The average molecular weight is 256 g/mol. The van der Waals surface area contributed by atoms with Crippen molar-refractivity contribution < 1.29 is 23.1 Å². The molecule has 0 saturated heterocycles. The quantitative estimate of drug-likeness (QED) is 0.614. The number of aryl methyl sites for hydroxylation is 1. The van der Waals surface area contributed by atoms with Crippen molar-refractivity contribution in [2.24, 2.45) is 0 Å². The number of ether oxygens (including phenoxy) is 1. The Morgan fingerprint density at radius 2 is 1.94 bits per heavy atom. The first-order valence-electron chi connectivity index (χ1n) is 5.47. The maximum atomic E-state index is 13.7. The SMILES string of the molecule is CCOC(=O)C(F)(F)c1ccc(C(C)=O)c(C)c1. The van der Waals surface area contributed by atoms with E-state index in [0.29, 0.717) is 11.1 Å². The van der Waals surface area contributed by atoms with E-state index in [-0.39, 0.29) is 12.4 Å². The smallest absolute Gasteiger partial charge is 0.381 e. The Hall–Kier alpha value is -1.78. The van der Waals surface area contributed by atoms with Crippen LogP contribution in [0.4, 0.5) is 8.78 Å². The average Bonchev–Trinajstić information content (AvgIpc) is 2.28. The Labute approximate surface area is 104 Å². The fourth-order valence-corrected chi connectivity index (χ4v) is 1.59. The summed E-state index contributed by atoms with van der Waals surface area (Å²) in [6.45, 7) is 4.24. The molecule has 0 aliphatic carbocycles. The van der Waals surface area contributed by atoms with Gasteiger partial charge in [0.15, 0.2) is 5.78 Å². The summed E-state index contributed by atoms with van der Waals surface area (Å²) in [4.78, 5) is 22.3. The normalized spacial score (nSPS) is 11.2. The van der Waals surface area contributed by atoms with Crippen LogP contribution in [0.15, 0.2) is 18.2 Å². The summed E-state index contributed by atoms with van der Waals surface area (Å²) < 4.78 is 31.7. The van der Waals surface area contributed by atoms with Crippen LogP contribution in [0.5, 0.6) is 0 Å². The molecule has 0 aliphatic rings. The Balaban J connectivity index is 3.14. The van der Waals surface area contributed by atoms with Crippen molar-refractivity contribution in [3.8, 4) is 0 Å². The Morgan fingerprint density at radius 3 is 2.39 bits per heavy atom. The number of rotatable bonds is 4. The molecule has 1 aromatic rings. The van der Waals surface area contributed by atoms with Crippen molar-refractivity contribution in [2.75, 3.05) is 6.61 Å². The van der Waals surface area contributed by atoms with Crippen molar-refractivity contribution >= 4 is 11.8 Å². The minimum atomic E-state index is -3.70. The lowest BCUT2D eigenvalue weighted by molar-refractivity contribution is -0.173.